The summed E-state index contributed by atoms with van der Waals surface area (Å²) in [7, 11) is 0. The summed E-state index contributed by atoms with van der Waals surface area (Å²) in [6, 6.07) is 43.3. The van der Waals surface area contributed by atoms with Gasteiger partial charge in [0.15, 0.2) is 0 Å². The van der Waals surface area contributed by atoms with Gasteiger partial charge in [-0.2, -0.15) is 11.3 Å². The number of aromatic nitrogens is 4. The van der Waals surface area contributed by atoms with E-state index in [2.05, 4.69) is 178 Å². The molecule has 0 spiro atoms. The summed E-state index contributed by atoms with van der Waals surface area (Å²) in [5.41, 5.74) is 11.3. The number of fused-ring (bicyclic) bond motifs is 9. The predicted molar refractivity (Wildman–Crippen MR) is 288 cm³/mol. The molecule has 0 bridgehead atoms. The van der Waals surface area contributed by atoms with Gasteiger partial charge < -0.3 is 8.98 Å². The molecule has 0 atom stereocenters. The smallest absolute Gasteiger partial charge is 0 e. The molecule has 5 heterocycles. The van der Waals surface area contributed by atoms with Gasteiger partial charge in [0, 0.05) is 59.1 Å². The van der Waals surface area contributed by atoms with Crippen molar-refractivity contribution in [3.63, 3.8) is 0 Å². The van der Waals surface area contributed by atoms with Gasteiger partial charge in [-0.1, -0.05) is 94.1 Å². The zero-order valence-corrected chi connectivity index (χ0v) is 46.0. The fourth-order valence-electron chi connectivity index (χ4n) is 9.47. The van der Waals surface area contributed by atoms with E-state index in [0.717, 1.165) is 83.1 Å². The number of nitrogens with zero attached hydrogens (tertiary/aromatic N) is 4. The third kappa shape index (κ3) is 9.10. The zero-order valence-electron chi connectivity index (χ0n) is 43.7. The summed E-state index contributed by atoms with van der Waals surface area (Å²) in [5, 5.41) is 6.98. The second-order valence-corrected chi connectivity index (χ2v) is 31.8. The topological polar surface area (TPSA) is 56.7 Å². The van der Waals surface area contributed by atoms with E-state index in [9.17, 15) is 4.39 Å². The summed E-state index contributed by atoms with van der Waals surface area (Å²) in [4.78, 5) is 16.0. The maximum atomic E-state index is 14.5. The van der Waals surface area contributed by atoms with Gasteiger partial charge in [0.1, 0.15) is 16.0 Å². The quantitative estimate of drug-likeness (QED) is 0.112. The van der Waals surface area contributed by atoms with Gasteiger partial charge in [-0.25, -0.2) is 4.98 Å². The molecule has 0 N–H and O–H groups in total. The van der Waals surface area contributed by atoms with Crippen molar-refractivity contribution >= 4 is 93.0 Å². The van der Waals surface area contributed by atoms with E-state index in [1.165, 1.54) is 43.3 Å². The van der Waals surface area contributed by atoms with E-state index in [4.69, 9.17) is 18.5 Å². The third-order valence-corrected chi connectivity index (χ3v) is 18.4. The molecule has 5 nitrogen and oxygen atoms in total. The Morgan fingerprint density at radius 2 is 1.52 bits per heavy atom. The minimum absolute atomic E-state index is 0. The van der Waals surface area contributed by atoms with Crippen molar-refractivity contribution < 1.29 is 33.0 Å². The molecule has 0 fully saturated rings. The van der Waals surface area contributed by atoms with Crippen molar-refractivity contribution in [1.29, 1.82) is 0 Å². The molecule has 1 radical (unpaired) electrons. The molecule has 69 heavy (non-hydrogen) atoms. The van der Waals surface area contributed by atoms with Crippen LogP contribution in [0.25, 0.3) is 92.4 Å². The van der Waals surface area contributed by atoms with E-state index in [1.807, 2.05) is 12.3 Å². The Hall–Kier alpha value is -5.51. The molecule has 11 rings (SSSR count). The first-order valence-corrected chi connectivity index (χ1v) is 31.7. The van der Waals surface area contributed by atoms with Crippen LogP contribution in [0.1, 0.15) is 85.4 Å². The maximum Gasteiger partial charge on any atom is 0 e. The van der Waals surface area contributed by atoms with E-state index in [1.54, 1.807) is 11.3 Å². The van der Waals surface area contributed by atoms with Gasteiger partial charge in [0.2, 0.25) is 0 Å². The Kier molecular flexibility index (Phi) is 12.3. The van der Waals surface area contributed by atoms with E-state index >= 15 is 0 Å². The van der Waals surface area contributed by atoms with Crippen LogP contribution in [0.5, 0.6) is 0 Å². The van der Waals surface area contributed by atoms with E-state index in [-0.39, 0.29) is 31.2 Å². The third-order valence-electron chi connectivity index (χ3n) is 13.0. The molecule has 0 aliphatic carbocycles. The average molecular weight is 1170 g/mol. The molecule has 0 aliphatic rings. The molecule has 0 saturated carbocycles. The second-order valence-electron chi connectivity index (χ2n) is 20.2. The van der Waals surface area contributed by atoms with E-state index < -0.39 is 25.9 Å². The molecule has 5 aromatic heterocycles. The van der Waals surface area contributed by atoms with Crippen LogP contribution in [-0.2, 0) is 26.5 Å². The Labute approximate surface area is 429 Å². The summed E-state index contributed by atoms with van der Waals surface area (Å²) in [6.07, 6.45) is 2.81. The number of imidazole rings is 1. The Morgan fingerprint density at radius 3 is 2.25 bits per heavy atom. The molecule has 6 aromatic carbocycles. The van der Waals surface area contributed by atoms with Crippen LogP contribution in [0.4, 0.5) is 4.39 Å². The number of halogens is 1. The fraction of sp³-hybridized carbons (Fsp3) is 0.250. The molecule has 351 valence electrons. The first-order valence-electron chi connectivity index (χ1n) is 25.1. The SMILES string of the molecule is Cc1c[c-]c(-c2nc3c4ccccc4ccc3n2-c2ccc3c(c2)oc2cc(C(C)C)ccc23)c2sc3nc(C(C)C)ccc3c12.[2H]C([2H])([2H])c1c[c-]c(-c2cc(CC(C)C)[c]([Ge]([CH3])([CH3])[CH3])cn2)c(F)c1.[Ir]. The van der Waals surface area contributed by atoms with Crippen LogP contribution >= 0.6 is 11.3 Å². The number of benzene rings is 6. The van der Waals surface area contributed by atoms with Crippen molar-refractivity contribution in [3.05, 3.63) is 161 Å². The Bertz CT molecular complexity index is 3870. The number of furan rings is 1. The number of rotatable bonds is 8. The summed E-state index contributed by atoms with van der Waals surface area (Å²) in [5.74, 6) is 8.52. The van der Waals surface area contributed by atoms with Gasteiger partial charge in [0.25, 0.3) is 0 Å². The molecular weight excluding hydrogens is 1110 g/mol. The first-order chi connectivity index (χ1) is 33.7. The Morgan fingerprint density at radius 1 is 0.783 bits per heavy atom. The van der Waals surface area contributed by atoms with Gasteiger partial charge in [-0.15, -0.1) is 17.7 Å². The number of aryl methyl sites for hydroxylation is 2. The number of hydrogen-bond donors (Lipinski definition) is 0. The molecule has 0 amide bonds. The van der Waals surface area contributed by atoms with Crippen molar-refractivity contribution in [2.24, 2.45) is 5.92 Å². The fourth-order valence-corrected chi connectivity index (χ4v) is 14.1. The standard InChI is InChI=1S/C41H32N3OS.C19H25FGeN.Ir/c1-22(2)26-11-15-29-30-16-13-27(21-36(30)45-35(29)20-26)44-34-19-12-25-8-6-7-9-28(25)38(34)43-40(44)32-14-10-24(5)37-31-17-18-33(23(3)4)42-41(31)46-39(32)37;1-13(2)9-15-11-19(22-12-18(15)21(4,5)6)16-8-7-14(3)10-17(16)20;/h6-13,15-23H,1-5H3;7,10-13H,9H2,1-6H3;/q2*-1;/i;3D3;. The minimum Gasteiger partial charge on any atom is 0 e. The van der Waals surface area contributed by atoms with Crippen molar-refractivity contribution in [2.75, 3.05) is 0 Å². The van der Waals surface area contributed by atoms with Crippen LogP contribution in [0, 0.1) is 37.6 Å². The summed E-state index contributed by atoms with van der Waals surface area (Å²) in [6.45, 7) is 13.0. The second kappa shape index (κ2) is 19.0. The predicted octanol–water partition coefficient (Wildman–Crippen LogP) is 16.6. The van der Waals surface area contributed by atoms with Crippen molar-refractivity contribution in [2.45, 2.75) is 90.8 Å². The number of hydrogen-bond acceptors (Lipinski definition) is 5. The summed E-state index contributed by atoms with van der Waals surface area (Å²) >= 11 is -0.342. The van der Waals surface area contributed by atoms with Crippen molar-refractivity contribution in [3.8, 4) is 28.3 Å². The zero-order chi connectivity index (χ0) is 50.3. The van der Waals surface area contributed by atoms with Crippen LogP contribution < -0.4 is 4.40 Å². The van der Waals surface area contributed by atoms with Gasteiger partial charge in [0.05, 0.1) is 16.9 Å². The van der Waals surface area contributed by atoms with Crippen molar-refractivity contribution in [1.82, 2.24) is 19.5 Å². The number of pyridine rings is 2. The summed E-state index contributed by atoms with van der Waals surface area (Å²) < 4.78 is 47.9. The van der Waals surface area contributed by atoms with Gasteiger partial charge in [-0.3, -0.25) is 4.98 Å². The van der Waals surface area contributed by atoms with Crippen LogP contribution in [0.15, 0.2) is 120 Å². The van der Waals surface area contributed by atoms with Gasteiger partial charge in [-0.05, 0) is 57.8 Å². The molecular formula is C60H57FGeIrN4OS-2. The molecule has 11 aromatic rings. The van der Waals surface area contributed by atoms with Gasteiger partial charge >= 0.3 is 140 Å². The first kappa shape index (κ1) is 44.7. The Balaban J connectivity index is 0.000000210. The molecule has 9 heteroatoms. The van der Waals surface area contributed by atoms with E-state index in [0.29, 0.717) is 23.4 Å². The number of thiophene rings is 1. The minimum atomic E-state index is -2.34. The monoisotopic (exact) mass is 1170 g/mol. The van der Waals surface area contributed by atoms with Crippen LogP contribution in [-0.4, -0.2) is 32.8 Å². The normalized spacial score (nSPS) is 12.9. The largest absolute Gasteiger partial charge is 0 e. The average Bonchev–Trinajstić information content (AvgIpc) is 4.02. The maximum absolute atomic E-state index is 14.5. The molecule has 0 saturated heterocycles. The van der Waals surface area contributed by atoms with Crippen LogP contribution in [0.2, 0.25) is 17.3 Å². The molecule has 0 aliphatic heterocycles. The molecule has 0 unspecified atom stereocenters. The van der Waals surface area contributed by atoms with Crippen LogP contribution in [0.3, 0.4) is 0 Å².